The van der Waals surface area contributed by atoms with Crippen LogP contribution in [0.15, 0.2) is 17.2 Å². The van der Waals surface area contributed by atoms with Crippen molar-refractivity contribution in [3.05, 3.63) is 17.3 Å². The van der Waals surface area contributed by atoms with Gasteiger partial charge in [-0.2, -0.15) is 0 Å². The molecule has 0 aromatic carbocycles. The summed E-state index contributed by atoms with van der Waals surface area (Å²) in [5.74, 6) is 5.87. The van der Waals surface area contributed by atoms with Crippen LogP contribution in [0.1, 0.15) is 25.7 Å². The molecule has 0 unspecified atom stereocenters. The van der Waals surface area contributed by atoms with Crippen LogP contribution in [0.25, 0.3) is 0 Å². The number of halogens is 1. The summed E-state index contributed by atoms with van der Waals surface area (Å²) in [4.78, 5) is 3.91. The number of nitrogens with one attached hydrogen (secondary N) is 2. The van der Waals surface area contributed by atoms with Gasteiger partial charge in [-0.15, -0.1) is 0 Å². The minimum absolute atomic E-state index is 0.0505. The number of pyridine rings is 1. The van der Waals surface area contributed by atoms with E-state index in [2.05, 4.69) is 15.1 Å². The molecule has 8 heteroatoms. The van der Waals surface area contributed by atoms with E-state index in [1.54, 1.807) is 0 Å². The molecular formula is C11H17ClN4O2S. The number of hydrazine groups is 1. The van der Waals surface area contributed by atoms with Crippen molar-refractivity contribution in [1.82, 2.24) is 9.71 Å². The number of hydrogen-bond donors (Lipinski definition) is 3. The average molecular weight is 305 g/mol. The highest BCUT2D eigenvalue weighted by Crippen LogP contribution is 2.25. The molecule has 1 saturated carbocycles. The molecule has 19 heavy (non-hydrogen) atoms. The predicted molar refractivity (Wildman–Crippen MR) is 74.2 cm³/mol. The van der Waals surface area contributed by atoms with Gasteiger partial charge in [-0.3, -0.25) is 0 Å². The lowest BCUT2D eigenvalue weighted by Gasteiger charge is -2.11. The first-order valence-electron chi connectivity index (χ1n) is 6.15. The third kappa shape index (κ3) is 3.56. The first-order valence-corrected chi connectivity index (χ1v) is 8.01. The molecule has 2 rings (SSSR count). The van der Waals surface area contributed by atoms with Crippen LogP contribution in [0.3, 0.4) is 0 Å². The Bertz CT molecular complexity index is 544. The molecule has 1 fully saturated rings. The summed E-state index contributed by atoms with van der Waals surface area (Å²) in [5.41, 5.74) is 2.29. The van der Waals surface area contributed by atoms with Gasteiger partial charge < -0.3 is 5.43 Å². The van der Waals surface area contributed by atoms with Gasteiger partial charge in [-0.25, -0.2) is 24.0 Å². The zero-order valence-corrected chi connectivity index (χ0v) is 12.0. The molecule has 0 saturated heterocycles. The summed E-state index contributed by atoms with van der Waals surface area (Å²) < 4.78 is 26.8. The molecular weight excluding hydrogens is 288 g/mol. The Morgan fingerprint density at radius 2 is 2.11 bits per heavy atom. The normalized spacial score (nSPS) is 16.7. The van der Waals surface area contributed by atoms with Gasteiger partial charge in [0.1, 0.15) is 4.90 Å². The molecule has 1 aromatic heterocycles. The summed E-state index contributed by atoms with van der Waals surface area (Å²) in [7, 11) is -3.56. The Hall–Kier alpha value is -0.890. The summed E-state index contributed by atoms with van der Waals surface area (Å²) >= 11 is 5.87. The Morgan fingerprint density at radius 1 is 1.42 bits per heavy atom. The Kier molecular flexibility index (Phi) is 4.62. The molecule has 1 aliphatic rings. The summed E-state index contributed by atoms with van der Waals surface area (Å²) in [6.45, 7) is 0.469. The average Bonchev–Trinajstić information content (AvgIpc) is 2.89. The van der Waals surface area contributed by atoms with Crippen LogP contribution in [0.2, 0.25) is 5.02 Å². The highest BCUT2D eigenvalue weighted by molar-refractivity contribution is 7.89. The van der Waals surface area contributed by atoms with Gasteiger partial charge in [0.15, 0.2) is 5.82 Å². The van der Waals surface area contributed by atoms with E-state index in [0.29, 0.717) is 12.5 Å². The number of aromatic nitrogens is 1. The van der Waals surface area contributed by atoms with Crippen molar-refractivity contribution in [3.63, 3.8) is 0 Å². The SMILES string of the molecule is NNc1ncc(S(=O)(=O)NCC2CCCC2)cc1Cl. The number of rotatable bonds is 5. The number of anilines is 1. The van der Waals surface area contributed by atoms with E-state index in [4.69, 9.17) is 17.4 Å². The standard InChI is InChI=1S/C11H17ClN4O2S/c12-10-5-9(7-14-11(10)16-13)19(17,18)15-6-8-3-1-2-4-8/h5,7-8,15H,1-4,6,13H2,(H,14,16). The lowest BCUT2D eigenvalue weighted by molar-refractivity contribution is 0.519. The van der Waals surface area contributed by atoms with Crippen molar-refractivity contribution >= 4 is 27.4 Å². The van der Waals surface area contributed by atoms with Crippen molar-refractivity contribution in [3.8, 4) is 0 Å². The van der Waals surface area contributed by atoms with Gasteiger partial charge >= 0.3 is 0 Å². The topological polar surface area (TPSA) is 97.1 Å². The lowest BCUT2D eigenvalue weighted by atomic mass is 10.1. The van der Waals surface area contributed by atoms with Gasteiger partial charge in [0.05, 0.1) is 5.02 Å². The van der Waals surface area contributed by atoms with Crippen molar-refractivity contribution in [2.24, 2.45) is 11.8 Å². The maximum Gasteiger partial charge on any atom is 0.242 e. The predicted octanol–water partition coefficient (Wildman–Crippen LogP) is 1.49. The molecule has 0 amide bonds. The third-order valence-corrected chi connectivity index (χ3v) is 4.98. The van der Waals surface area contributed by atoms with Crippen molar-refractivity contribution in [2.75, 3.05) is 12.0 Å². The molecule has 1 aliphatic carbocycles. The molecule has 1 aromatic rings. The molecule has 0 bridgehead atoms. The van der Waals surface area contributed by atoms with Crippen LogP contribution in [-0.4, -0.2) is 19.9 Å². The number of sulfonamides is 1. The van der Waals surface area contributed by atoms with Gasteiger partial charge in [0.2, 0.25) is 10.0 Å². The molecule has 106 valence electrons. The third-order valence-electron chi connectivity index (χ3n) is 3.30. The molecule has 0 radical (unpaired) electrons. The van der Waals surface area contributed by atoms with E-state index in [1.165, 1.54) is 25.1 Å². The molecule has 0 spiro atoms. The number of hydrogen-bond acceptors (Lipinski definition) is 5. The monoisotopic (exact) mass is 304 g/mol. The zero-order valence-electron chi connectivity index (χ0n) is 10.4. The van der Waals surface area contributed by atoms with Crippen LogP contribution >= 0.6 is 11.6 Å². The summed E-state index contributed by atoms with van der Waals surface area (Å²) in [5, 5.41) is 0.172. The Labute approximate surface area is 117 Å². The smallest absolute Gasteiger partial charge is 0.242 e. The highest BCUT2D eigenvalue weighted by Gasteiger charge is 2.20. The van der Waals surface area contributed by atoms with Crippen LogP contribution in [0, 0.1) is 5.92 Å². The van der Waals surface area contributed by atoms with E-state index < -0.39 is 10.0 Å². The van der Waals surface area contributed by atoms with Crippen LogP contribution in [0.4, 0.5) is 5.82 Å². The quantitative estimate of drug-likeness (QED) is 0.565. The van der Waals surface area contributed by atoms with Crippen molar-refractivity contribution in [2.45, 2.75) is 30.6 Å². The van der Waals surface area contributed by atoms with E-state index in [9.17, 15) is 8.42 Å². The summed E-state index contributed by atoms with van der Waals surface area (Å²) in [6, 6.07) is 1.33. The second-order valence-corrected chi connectivity index (χ2v) is 6.82. The second-order valence-electron chi connectivity index (χ2n) is 4.65. The second kappa shape index (κ2) is 6.04. The van der Waals surface area contributed by atoms with Crippen LogP contribution < -0.4 is 16.0 Å². The molecule has 4 N–H and O–H groups in total. The van der Waals surface area contributed by atoms with Crippen LogP contribution in [-0.2, 0) is 10.0 Å². The first kappa shape index (κ1) is 14.5. The number of nitrogens with zero attached hydrogens (tertiary/aromatic N) is 1. The van der Waals surface area contributed by atoms with Gasteiger partial charge in [0, 0.05) is 12.7 Å². The fraction of sp³-hybridized carbons (Fsp3) is 0.545. The lowest BCUT2D eigenvalue weighted by Crippen LogP contribution is -2.28. The summed E-state index contributed by atoms with van der Waals surface area (Å²) in [6.07, 6.45) is 5.75. The van der Waals surface area contributed by atoms with Crippen molar-refractivity contribution < 1.29 is 8.42 Å². The largest absolute Gasteiger partial charge is 0.307 e. The van der Waals surface area contributed by atoms with Gasteiger partial charge in [-0.05, 0) is 24.8 Å². The highest BCUT2D eigenvalue weighted by atomic mass is 35.5. The van der Waals surface area contributed by atoms with Crippen LogP contribution in [0.5, 0.6) is 0 Å². The van der Waals surface area contributed by atoms with E-state index in [0.717, 1.165) is 12.8 Å². The van der Waals surface area contributed by atoms with Crippen molar-refractivity contribution in [1.29, 1.82) is 0 Å². The number of nitrogens with two attached hydrogens (primary N) is 1. The maximum absolute atomic E-state index is 12.1. The molecule has 1 heterocycles. The first-order chi connectivity index (χ1) is 9.03. The minimum atomic E-state index is -3.56. The van der Waals surface area contributed by atoms with E-state index in [1.807, 2.05) is 0 Å². The number of nitrogen functional groups attached to an aromatic ring is 1. The van der Waals surface area contributed by atoms with E-state index in [-0.39, 0.29) is 15.7 Å². The van der Waals surface area contributed by atoms with E-state index >= 15 is 0 Å². The fourth-order valence-corrected chi connectivity index (χ4v) is 3.57. The zero-order chi connectivity index (χ0) is 13.9. The Balaban J connectivity index is 2.08. The molecule has 0 atom stereocenters. The minimum Gasteiger partial charge on any atom is -0.307 e. The molecule has 6 nitrogen and oxygen atoms in total. The molecule has 0 aliphatic heterocycles. The fourth-order valence-electron chi connectivity index (χ4n) is 2.20. The Morgan fingerprint density at radius 3 is 2.68 bits per heavy atom. The van der Waals surface area contributed by atoms with Gasteiger partial charge in [-0.1, -0.05) is 24.4 Å². The van der Waals surface area contributed by atoms with Gasteiger partial charge in [0.25, 0.3) is 0 Å². The maximum atomic E-state index is 12.1.